The second-order valence-corrected chi connectivity index (χ2v) is 7.11. The van der Waals surface area contributed by atoms with E-state index in [1.54, 1.807) is 22.9 Å². The predicted molar refractivity (Wildman–Crippen MR) is 107 cm³/mol. The van der Waals surface area contributed by atoms with Crippen molar-refractivity contribution in [3.63, 3.8) is 0 Å². The summed E-state index contributed by atoms with van der Waals surface area (Å²) in [6.45, 7) is 3.92. The highest BCUT2D eigenvalue weighted by Crippen LogP contribution is 2.23. The molecule has 0 radical (unpaired) electrons. The molecular weight excluding hydrogens is 356 g/mol. The fourth-order valence-corrected chi connectivity index (χ4v) is 3.58. The molecule has 0 bridgehead atoms. The van der Waals surface area contributed by atoms with E-state index in [0.717, 1.165) is 43.8 Å². The average Bonchev–Trinajstić information content (AvgIpc) is 3.01. The van der Waals surface area contributed by atoms with Crippen molar-refractivity contribution < 1.29 is 4.42 Å². The molecule has 8 nitrogen and oxygen atoms in total. The van der Waals surface area contributed by atoms with E-state index in [2.05, 4.69) is 31.8 Å². The van der Waals surface area contributed by atoms with Crippen molar-refractivity contribution in [1.82, 2.24) is 24.3 Å². The molecule has 0 spiro atoms. The minimum absolute atomic E-state index is 0.353. The Labute approximate surface area is 161 Å². The van der Waals surface area contributed by atoms with Crippen LogP contribution in [0.1, 0.15) is 6.42 Å². The zero-order valence-corrected chi connectivity index (χ0v) is 15.6. The van der Waals surface area contributed by atoms with Crippen LogP contribution in [0.4, 0.5) is 5.82 Å². The molecule has 1 aliphatic rings. The van der Waals surface area contributed by atoms with Crippen LogP contribution in [-0.2, 0) is 0 Å². The van der Waals surface area contributed by atoms with Gasteiger partial charge in [0, 0.05) is 43.6 Å². The summed E-state index contributed by atoms with van der Waals surface area (Å²) in [5.41, 5.74) is 0.847. The minimum Gasteiger partial charge on any atom is -0.403 e. The highest BCUT2D eigenvalue weighted by Gasteiger charge is 2.16. The lowest BCUT2D eigenvalue weighted by atomic mass is 10.2. The van der Waals surface area contributed by atoms with Crippen LogP contribution < -0.4 is 10.5 Å². The Kier molecular flexibility index (Phi) is 4.05. The van der Waals surface area contributed by atoms with E-state index in [4.69, 9.17) is 4.42 Å². The fourth-order valence-electron chi connectivity index (χ4n) is 3.58. The number of likely N-dealkylation sites (N-methyl/N-ethyl adjacent to an activating group) is 1. The molecule has 5 rings (SSSR count). The lowest BCUT2D eigenvalue weighted by Gasteiger charge is -2.21. The van der Waals surface area contributed by atoms with Gasteiger partial charge in [0.05, 0.1) is 11.3 Å². The smallest absolute Gasteiger partial charge is 0.347 e. The Morgan fingerprint density at radius 1 is 1.11 bits per heavy atom. The van der Waals surface area contributed by atoms with Crippen LogP contribution in [0.15, 0.2) is 52.1 Å². The Morgan fingerprint density at radius 2 is 2.04 bits per heavy atom. The van der Waals surface area contributed by atoms with Gasteiger partial charge in [0.2, 0.25) is 11.5 Å². The number of nitrogens with zero attached hydrogens (tertiary/aromatic N) is 6. The van der Waals surface area contributed by atoms with Crippen molar-refractivity contribution >= 4 is 22.7 Å². The summed E-state index contributed by atoms with van der Waals surface area (Å²) in [6, 6.07) is 7.54. The number of aromatic nitrogens is 4. The first kappa shape index (κ1) is 16.9. The SMILES string of the molecule is CN1CCCN(c2ccc3cc(-c4cn5cccnc5n4)c(=O)oc3n2)CC1. The summed E-state index contributed by atoms with van der Waals surface area (Å²) in [4.78, 5) is 30.4. The summed E-state index contributed by atoms with van der Waals surface area (Å²) in [5.74, 6) is 1.38. The number of fused-ring (bicyclic) bond motifs is 2. The van der Waals surface area contributed by atoms with Crippen LogP contribution in [0.25, 0.3) is 28.1 Å². The molecule has 0 N–H and O–H groups in total. The molecule has 0 aromatic carbocycles. The summed E-state index contributed by atoms with van der Waals surface area (Å²) in [7, 11) is 2.13. The molecule has 0 amide bonds. The van der Waals surface area contributed by atoms with Gasteiger partial charge in [-0.1, -0.05) is 0 Å². The van der Waals surface area contributed by atoms with Crippen molar-refractivity contribution in [3.05, 3.63) is 53.3 Å². The molecule has 4 aromatic heterocycles. The van der Waals surface area contributed by atoms with Crippen molar-refractivity contribution in [3.8, 4) is 11.3 Å². The number of hydrogen-bond donors (Lipinski definition) is 0. The first-order valence-electron chi connectivity index (χ1n) is 9.36. The largest absolute Gasteiger partial charge is 0.403 e. The Hall–Kier alpha value is -3.26. The van der Waals surface area contributed by atoms with Crippen molar-refractivity contribution in [2.45, 2.75) is 6.42 Å². The zero-order valence-electron chi connectivity index (χ0n) is 15.6. The van der Waals surface area contributed by atoms with Crippen LogP contribution in [0.3, 0.4) is 0 Å². The molecule has 28 heavy (non-hydrogen) atoms. The van der Waals surface area contributed by atoms with Gasteiger partial charge >= 0.3 is 5.63 Å². The molecule has 1 fully saturated rings. The molecular formula is C20H20N6O2. The highest BCUT2D eigenvalue weighted by atomic mass is 16.4. The maximum absolute atomic E-state index is 12.6. The molecule has 142 valence electrons. The van der Waals surface area contributed by atoms with Gasteiger partial charge in [-0.15, -0.1) is 0 Å². The molecule has 8 heteroatoms. The van der Waals surface area contributed by atoms with Gasteiger partial charge < -0.3 is 14.2 Å². The van der Waals surface area contributed by atoms with Gasteiger partial charge in [-0.2, -0.15) is 4.98 Å². The Bertz CT molecular complexity index is 1180. The van der Waals surface area contributed by atoms with Crippen molar-refractivity contribution in [2.24, 2.45) is 0 Å². The quantitative estimate of drug-likeness (QED) is 0.530. The Balaban J connectivity index is 1.53. The molecule has 1 aliphatic heterocycles. The first-order valence-corrected chi connectivity index (χ1v) is 9.36. The van der Waals surface area contributed by atoms with Crippen molar-refractivity contribution in [1.29, 1.82) is 0 Å². The lowest BCUT2D eigenvalue weighted by molar-refractivity contribution is 0.360. The summed E-state index contributed by atoms with van der Waals surface area (Å²) < 4.78 is 7.33. The summed E-state index contributed by atoms with van der Waals surface area (Å²) in [5, 5.41) is 0.773. The average molecular weight is 376 g/mol. The zero-order chi connectivity index (χ0) is 19.1. The van der Waals surface area contributed by atoms with Crippen molar-refractivity contribution in [2.75, 3.05) is 38.1 Å². The second-order valence-electron chi connectivity index (χ2n) is 7.11. The molecule has 5 heterocycles. The van der Waals surface area contributed by atoms with E-state index < -0.39 is 5.63 Å². The van der Waals surface area contributed by atoms with Gasteiger partial charge in [-0.05, 0) is 44.3 Å². The van der Waals surface area contributed by atoms with Gasteiger partial charge in [0.1, 0.15) is 5.82 Å². The molecule has 1 saturated heterocycles. The Morgan fingerprint density at radius 3 is 2.93 bits per heavy atom. The van der Waals surface area contributed by atoms with Gasteiger partial charge in [0.25, 0.3) is 0 Å². The second kappa shape index (κ2) is 6.72. The van der Waals surface area contributed by atoms with Crippen LogP contribution in [0.5, 0.6) is 0 Å². The van der Waals surface area contributed by atoms with Gasteiger partial charge in [-0.25, -0.2) is 14.8 Å². The maximum Gasteiger partial charge on any atom is 0.347 e. The van der Waals surface area contributed by atoms with Crippen LogP contribution in [0, 0.1) is 0 Å². The van der Waals surface area contributed by atoms with Crippen LogP contribution >= 0.6 is 0 Å². The van der Waals surface area contributed by atoms with E-state index in [1.165, 1.54) is 0 Å². The fraction of sp³-hybridized carbons (Fsp3) is 0.300. The van der Waals surface area contributed by atoms with Crippen LogP contribution in [-0.4, -0.2) is 57.5 Å². The normalized spacial score (nSPS) is 16.0. The van der Waals surface area contributed by atoms with E-state index in [9.17, 15) is 4.79 Å². The molecule has 0 atom stereocenters. The number of imidazole rings is 1. The lowest BCUT2D eigenvalue weighted by Crippen LogP contribution is -2.29. The van der Waals surface area contributed by atoms with Gasteiger partial charge in [0.15, 0.2) is 0 Å². The molecule has 0 aliphatic carbocycles. The summed E-state index contributed by atoms with van der Waals surface area (Å²) in [6.07, 6.45) is 6.37. The first-order chi connectivity index (χ1) is 13.7. The number of pyridine rings is 1. The van der Waals surface area contributed by atoms with Gasteiger partial charge in [-0.3, -0.25) is 4.40 Å². The third-order valence-corrected chi connectivity index (χ3v) is 5.14. The molecule has 4 aromatic rings. The monoisotopic (exact) mass is 376 g/mol. The van der Waals surface area contributed by atoms with E-state index in [0.29, 0.717) is 22.7 Å². The third-order valence-electron chi connectivity index (χ3n) is 5.14. The summed E-state index contributed by atoms with van der Waals surface area (Å²) >= 11 is 0. The molecule has 0 unspecified atom stereocenters. The number of rotatable bonds is 2. The van der Waals surface area contributed by atoms with E-state index in [-0.39, 0.29) is 0 Å². The molecule has 0 saturated carbocycles. The number of hydrogen-bond acceptors (Lipinski definition) is 7. The van der Waals surface area contributed by atoms with E-state index >= 15 is 0 Å². The minimum atomic E-state index is -0.448. The van der Waals surface area contributed by atoms with Crippen LogP contribution in [0.2, 0.25) is 0 Å². The standard InChI is InChI=1S/C20H20N6O2/c1-24-7-3-9-25(11-10-24)17-5-4-14-12-15(19(27)28-18(14)23-17)16-13-26-8-2-6-21-20(26)22-16/h2,4-6,8,12-13H,3,7,9-11H2,1H3. The maximum atomic E-state index is 12.6. The van der Waals surface area contributed by atoms with E-state index in [1.807, 2.05) is 24.4 Å². The predicted octanol–water partition coefficient (Wildman–Crippen LogP) is 2.04. The topological polar surface area (TPSA) is 79.8 Å². The highest BCUT2D eigenvalue weighted by molar-refractivity contribution is 5.79. The number of anilines is 1. The third kappa shape index (κ3) is 3.01.